The minimum atomic E-state index is -1.20. The summed E-state index contributed by atoms with van der Waals surface area (Å²) >= 11 is 0. The molecule has 1 N–H and O–H groups in total. The van der Waals surface area contributed by atoms with Crippen LogP contribution in [-0.4, -0.2) is 57.6 Å². The van der Waals surface area contributed by atoms with Crippen molar-refractivity contribution in [2.75, 3.05) is 7.15 Å². The van der Waals surface area contributed by atoms with E-state index in [4.69, 9.17) is 26.4 Å². The van der Waals surface area contributed by atoms with Crippen molar-refractivity contribution >= 4 is 71.9 Å². The SMILES string of the molecule is N#Cc1cc(-c2nc(-c3ccccc3)nc(-c3ccccc3)n2)c(-c2ccccc2)c(-n2c3ccccc3c3ccccc32)c1-n1c2ccccc2c2ccccc21.N#Cc1cc(-c2nc(-c3ccccc3)nc(-c3ccccc3)n2)c(-c2ccccc2)c(F)c1F.O=CO[O-].[2H]CF.[H-].[K+].[K+].c1ccc2c(c1)[nH]c1ccccc12. The van der Waals surface area contributed by atoms with Gasteiger partial charge in [-0.3, -0.25) is 9.18 Å². The van der Waals surface area contributed by atoms with Gasteiger partial charge in [0.25, 0.3) is 6.47 Å². The molecular formula is C94H62F3K2N11O3. The molecule has 0 amide bonds. The molecule has 0 aliphatic heterocycles. The number of carbonyl (C=O) groups is 1. The van der Waals surface area contributed by atoms with E-state index in [1.807, 2.05) is 133 Å². The third kappa shape index (κ3) is 16.3. The predicted octanol–water partition coefficient (Wildman–Crippen LogP) is 15.8. The zero-order valence-corrected chi connectivity index (χ0v) is 67.2. The molecule has 0 atom stereocenters. The van der Waals surface area contributed by atoms with E-state index in [1.165, 1.54) is 27.9 Å². The number of carbonyl (C=O) groups excluding carboxylic acids is 1. The molecule has 0 aliphatic rings. The third-order valence-corrected chi connectivity index (χ3v) is 18.8. The Morgan fingerprint density at radius 1 is 0.372 bits per heavy atom. The van der Waals surface area contributed by atoms with Crippen molar-refractivity contribution in [2.45, 2.75) is 0 Å². The molecule has 0 spiro atoms. The van der Waals surface area contributed by atoms with E-state index in [2.05, 4.69) is 210 Å². The van der Waals surface area contributed by atoms with Crippen molar-refractivity contribution in [2.24, 2.45) is 0 Å². The fraction of sp³-hybridized carbons (Fsp3) is 0.0106. The Hall–Kier alpha value is -12.0. The van der Waals surface area contributed by atoms with E-state index < -0.39 is 24.4 Å². The van der Waals surface area contributed by atoms with Crippen molar-refractivity contribution in [3.63, 3.8) is 0 Å². The van der Waals surface area contributed by atoms with E-state index in [9.17, 15) is 19.3 Å². The van der Waals surface area contributed by atoms with Crippen molar-refractivity contribution in [3.05, 3.63) is 362 Å². The van der Waals surface area contributed by atoms with Crippen LogP contribution in [0.4, 0.5) is 13.2 Å². The summed E-state index contributed by atoms with van der Waals surface area (Å²) in [7, 11) is -1.00. The number of H-pyrrole nitrogens is 1. The normalized spacial score (nSPS) is 10.7. The Morgan fingerprint density at radius 3 is 0.956 bits per heavy atom. The number of fused-ring (bicyclic) bond motifs is 9. The first-order valence-electron chi connectivity index (χ1n) is 35.8. The molecule has 0 saturated carbocycles. The van der Waals surface area contributed by atoms with Gasteiger partial charge in [-0.05, 0) is 59.7 Å². The number of nitrogens with one attached hydrogen (secondary N) is 1. The molecule has 0 saturated heterocycles. The second kappa shape index (κ2) is 36.9. The molecule has 5 heterocycles. The molecule has 19 heteroatoms. The van der Waals surface area contributed by atoms with E-state index in [-0.39, 0.29) is 128 Å². The maximum Gasteiger partial charge on any atom is 1.00 e. The van der Waals surface area contributed by atoms with Gasteiger partial charge in [-0.15, -0.1) is 0 Å². The molecule has 0 unspecified atom stereocenters. The molecule has 0 aliphatic carbocycles. The number of hydrogen-bond acceptors (Lipinski definition) is 11. The number of nitrogens with zero attached hydrogens (tertiary/aromatic N) is 10. The third-order valence-electron chi connectivity index (χ3n) is 18.8. The summed E-state index contributed by atoms with van der Waals surface area (Å²) in [6, 6.07) is 116. The number of rotatable bonds is 11. The maximum absolute atomic E-state index is 15.3. The molecule has 0 bridgehead atoms. The van der Waals surface area contributed by atoms with E-state index in [0.717, 1.165) is 93.9 Å². The van der Waals surface area contributed by atoms with Crippen LogP contribution in [0.15, 0.2) is 340 Å². The predicted molar refractivity (Wildman–Crippen MR) is 432 cm³/mol. The molecule has 0 radical (unpaired) electrons. The number of aromatic amines is 1. The van der Waals surface area contributed by atoms with Crippen molar-refractivity contribution < 1.29 is 134 Å². The van der Waals surface area contributed by atoms with Crippen LogP contribution < -0.4 is 108 Å². The molecule has 113 heavy (non-hydrogen) atoms. The van der Waals surface area contributed by atoms with Gasteiger partial charge in [-0.25, -0.2) is 38.7 Å². The van der Waals surface area contributed by atoms with Gasteiger partial charge >= 0.3 is 103 Å². The van der Waals surface area contributed by atoms with E-state index in [1.54, 1.807) is 36.4 Å². The Kier molecular flexibility index (Phi) is 25.3. The summed E-state index contributed by atoms with van der Waals surface area (Å²) < 4.78 is 50.1. The number of benzene rings is 14. The van der Waals surface area contributed by atoms with Gasteiger partial charge in [0, 0.05) is 87.9 Å². The van der Waals surface area contributed by atoms with Crippen LogP contribution in [0.2, 0.25) is 0 Å². The van der Waals surface area contributed by atoms with Crippen LogP contribution in [-0.2, 0) is 9.68 Å². The Labute approximate surface area is 735 Å². The number of para-hydroxylation sites is 6. The molecule has 5 aromatic heterocycles. The van der Waals surface area contributed by atoms with Gasteiger partial charge in [0.05, 0.1) is 53.1 Å². The standard InChI is InChI=1S/C52H32N6.C28H16F2N4.C12H9N.CH3F.CH2O3.2K.H/c53-33-37-32-42(52-55-50(35-20-6-2-7-21-35)54-51(56-52)36-22-8-3-9-23-36)47(34-18-4-1-5-19-34)49(58-45-30-16-12-26-40(45)41-27-13-17-31-46(41)58)48(37)57-43-28-14-10-24-38(43)39-25-11-15-29-44(39)57;29-24-21(17-31)16-22(23(25(24)30)18-10-4-1-5-11-18)28-33-26(19-12-6-2-7-13-19)32-27(34-28)20-14-8-3-9-15-20;1-3-7-11-9(5-1)10-6-2-4-8-12(10)13-11;1-2;2-1-4-3;;;/h1-32H;1-16H;1-8,13H;1H3;1,3H;;;/q;;;;;2*+1;-1/p-1/i;;;1D;;;;. The molecule has 19 aromatic rings. The second-order valence-electron chi connectivity index (χ2n) is 25.2. The summed E-state index contributed by atoms with van der Waals surface area (Å²) in [5.74, 6) is 0.145. The topological polar surface area (TPSA) is 200 Å². The van der Waals surface area contributed by atoms with Gasteiger partial charge in [0.1, 0.15) is 12.1 Å². The van der Waals surface area contributed by atoms with E-state index >= 15 is 4.39 Å². The fourth-order valence-corrected chi connectivity index (χ4v) is 14.0. The summed E-state index contributed by atoms with van der Waals surface area (Å²) in [5, 5.41) is 36.4. The van der Waals surface area contributed by atoms with Gasteiger partial charge < -0.3 is 25.7 Å². The minimum Gasteiger partial charge on any atom is -1.00 e. The first-order chi connectivity index (χ1) is 55.2. The van der Waals surface area contributed by atoms with Crippen molar-refractivity contribution in [1.29, 1.82) is 10.5 Å². The summed E-state index contributed by atoms with van der Waals surface area (Å²) in [6.07, 6.45) is 0. The average molecular weight is 1530 g/mol. The van der Waals surface area contributed by atoms with Gasteiger partial charge in [-0.2, -0.15) is 10.5 Å². The monoisotopic (exact) mass is 1530 g/mol. The largest absolute Gasteiger partial charge is 1.00 e. The number of nitriles is 2. The van der Waals surface area contributed by atoms with Gasteiger partial charge in [0.15, 0.2) is 46.6 Å². The van der Waals surface area contributed by atoms with Crippen LogP contribution in [0.1, 0.15) is 13.9 Å². The van der Waals surface area contributed by atoms with Crippen LogP contribution >= 0.6 is 0 Å². The molecule has 19 rings (SSSR count). The zero-order valence-electron chi connectivity index (χ0n) is 62.9. The fourth-order valence-electron chi connectivity index (χ4n) is 14.0. The van der Waals surface area contributed by atoms with Crippen molar-refractivity contribution in [1.82, 2.24) is 44.0 Å². The average Bonchev–Trinajstić information content (AvgIpc) is 1.57. The number of alkyl halides is 1. The second-order valence-corrected chi connectivity index (χ2v) is 25.2. The Bertz CT molecular complexity index is 6450. The van der Waals surface area contributed by atoms with Crippen molar-refractivity contribution in [3.8, 4) is 114 Å². The maximum atomic E-state index is 15.3. The molecule has 534 valence electrons. The quantitative estimate of drug-likeness (QED) is 0.0559. The first-order valence-corrected chi connectivity index (χ1v) is 35.1. The minimum absolute atomic E-state index is 0. The molecule has 14 aromatic carbocycles. The summed E-state index contributed by atoms with van der Waals surface area (Å²) in [4.78, 5) is 44.0. The zero-order chi connectivity index (χ0) is 76.9. The van der Waals surface area contributed by atoms with Gasteiger partial charge in [0.2, 0.25) is 0 Å². The number of halogens is 3. The molecule has 0 fully saturated rings. The van der Waals surface area contributed by atoms with Crippen LogP contribution in [0.25, 0.3) is 167 Å². The summed E-state index contributed by atoms with van der Waals surface area (Å²) in [6.45, 7) is -0.181. The van der Waals surface area contributed by atoms with E-state index in [0.29, 0.717) is 40.2 Å². The van der Waals surface area contributed by atoms with Gasteiger partial charge in [-0.1, -0.05) is 291 Å². The Morgan fingerprint density at radius 2 is 0.628 bits per heavy atom. The number of aromatic nitrogens is 9. The van der Waals surface area contributed by atoms with Crippen LogP contribution in [0.3, 0.4) is 0 Å². The van der Waals surface area contributed by atoms with Crippen LogP contribution in [0.5, 0.6) is 0 Å². The molecular weight excluding hydrogens is 1470 g/mol. The van der Waals surface area contributed by atoms with Crippen LogP contribution in [0, 0.1) is 34.3 Å². The molecule has 14 nitrogen and oxygen atoms in total. The summed E-state index contributed by atoms with van der Waals surface area (Å²) in [5.41, 5.74) is 14.6. The number of hydrogen-bond donors (Lipinski definition) is 1. The smallest absolute Gasteiger partial charge is 1.00 e. The first kappa shape index (κ1) is 77.7. The Balaban J connectivity index is 0.000000180.